The molecule has 1 atom stereocenters. The minimum atomic E-state index is 0.117. The molecule has 0 bridgehead atoms. The van der Waals surface area contributed by atoms with Crippen LogP contribution in [0, 0.1) is 0 Å². The van der Waals surface area contributed by atoms with E-state index in [1.807, 2.05) is 12.1 Å². The molecular formula is C24H24N2O2. The van der Waals surface area contributed by atoms with E-state index < -0.39 is 0 Å². The number of hydrogen-bond donors (Lipinski definition) is 0. The smallest absolute Gasteiger partial charge is 0.139 e. The minimum Gasteiger partial charge on any atom is -0.493 e. The Morgan fingerprint density at radius 2 is 1.86 bits per heavy atom. The fourth-order valence-electron chi connectivity index (χ4n) is 4.08. The van der Waals surface area contributed by atoms with Gasteiger partial charge in [-0.05, 0) is 42.8 Å². The van der Waals surface area contributed by atoms with Crippen LogP contribution in [0.15, 0.2) is 66.7 Å². The molecule has 4 heteroatoms. The molecule has 0 saturated carbocycles. The van der Waals surface area contributed by atoms with Crippen molar-refractivity contribution in [3.63, 3.8) is 0 Å². The molecule has 1 saturated heterocycles. The Bertz CT molecular complexity index is 1090. The third kappa shape index (κ3) is 3.25. The van der Waals surface area contributed by atoms with Gasteiger partial charge >= 0.3 is 0 Å². The summed E-state index contributed by atoms with van der Waals surface area (Å²) in [5.74, 6) is 2.01. The quantitative estimate of drug-likeness (QED) is 0.419. The zero-order valence-corrected chi connectivity index (χ0v) is 15.9. The van der Waals surface area contributed by atoms with Crippen molar-refractivity contribution in [2.75, 3.05) is 13.2 Å². The van der Waals surface area contributed by atoms with E-state index in [1.165, 1.54) is 10.9 Å². The van der Waals surface area contributed by atoms with Crippen LogP contribution in [0.1, 0.15) is 31.2 Å². The highest BCUT2D eigenvalue weighted by Crippen LogP contribution is 2.31. The summed E-state index contributed by atoms with van der Waals surface area (Å²) in [5, 5.41) is 2.37. The Labute approximate surface area is 164 Å². The van der Waals surface area contributed by atoms with Gasteiger partial charge in [0, 0.05) is 18.5 Å². The van der Waals surface area contributed by atoms with Crippen molar-refractivity contribution in [2.45, 2.75) is 31.9 Å². The van der Waals surface area contributed by atoms with Crippen LogP contribution in [0.25, 0.3) is 21.8 Å². The van der Waals surface area contributed by atoms with Gasteiger partial charge in [0.15, 0.2) is 0 Å². The maximum absolute atomic E-state index is 6.13. The number of aromatic nitrogens is 2. The number of benzene rings is 3. The van der Waals surface area contributed by atoms with E-state index in [2.05, 4.69) is 59.2 Å². The van der Waals surface area contributed by atoms with Crippen molar-refractivity contribution < 1.29 is 9.47 Å². The molecule has 1 aliphatic rings. The van der Waals surface area contributed by atoms with Crippen LogP contribution >= 0.6 is 0 Å². The highest BCUT2D eigenvalue weighted by Gasteiger charge is 2.24. The molecular weight excluding hydrogens is 348 g/mol. The molecule has 3 aromatic carbocycles. The van der Waals surface area contributed by atoms with E-state index in [-0.39, 0.29) is 6.10 Å². The summed E-state index contributed by atoms with van der Waals surface area (Å²) in [6.45, 7) is 2.38. The second kappa shape index (κ2) is 7.64. The fourth-order valence-corrected chi connectivity index (χ4v) is 4.08. The number of imidazole rings is 1. The van der Waals surface area contributed by atoms with Gasteiger partial charge in [-0.2, -0.15) is 0 Å². The van der Waals surface area contributed by atoms with E-state index in [4.69, 9.17) is 14.5 Å². The first kappa shape index (κ1) is 17.3. The number of fused-ring (bicyclic) bond motifs is 2. The lowest BCUT2D eigenvalue weighted by Gasteiger charge is -2.14. The Hall–Kier alpha value is -2.85. The predicted octanol–water partition coefficient (Wildman–Crippen LogP) is 5.51. The zero-order chi connectivity index (χ0) is 18.8. The molecule has 1 aromatic heterocycles. The van der Waals surface area contributed by atoms with Crippen LogP contribution < -0.4 is 4.74 Å². The lowest BCUT2D eigenvalue weighted by Crippen LogP contribution is -2.11. The molecule has 0 aliphatic carbocycles. The van der Waals surface area contributed by atoms with Gasteiger partial charge < -0.3 is 14.0 Å². The molecule has 142 valence electrons. The summed E-state index contributed by atoms with van der Waals surface area (Å²) < 4.78 is 14.4. The van der Waals surface area contributed by atoms with Gasteiger partial charge in [0.05, 0.1) is 17.6 Å². The van der Waals surface area contributed by atoms with Gasteiger partial charge in [0.25, 0.3) is 0 Å². The average molecular weight is 372 g/mol. The number of hydrogen-bond acceptors (Lipinski definition) is 3. The first-order valence-electron chi connectivity index (χ1n) is 10.1. The largest absolute Gasteiger partial charge is 0.493 e. The van der Waals surface area contributed by atoms with E-state index >= 15 is 0 Å². The average Bonchev–Trinajstić information content (AvgIpc) is 3.39. The molecule has 5 rings (SSSR count). The second-order valence-corrected chi connectivity index (χ2v) is 7.29. The number of aryl methyl sites for hydroxylation is 1. The van der Waals surface area contributed by atoms with Gasteiger partial charge in [-0.1, -0.05) is 48.5 Å². The highest BCUT2D eigenvalue weighted by atomic mass is 16.5. The molecule has 0 spiro atoms. The van der Waals surface area contributed by atoms with Crippen molar-refractivity contribution in [3.05, 3.63) is 72.6 Å². The molecule has 0 N–H and O–H groups in total. The molecule has 1 unspecified atom stereocenters. The van der Waals surface area contributed by atoms with Crippen LogP contribution in [0.5, 0.6) is 5.75 Å². The van der Waals surface area contributed by atoms with Gasteiger partial charge in [-0.25, -0.2) is 4.98 Å². The summed E-state index contributed by atoms with van der Waals surface area (Å²) in [7, 11) is 0. The zero-order valence-electron chi connectivity index (χ0n) is 15.9. The van der Waals surface area contributed by atoms with E-state index in [0.717, 1.165) is 54.9 Å². The van der Waals surface area contributed by atoms with E-state index in [1.54, 1.807) is 0 Å². The van der Waals surface area contributed by atoms with Crippen molar-refractivity contribution in [3.8, 4) is 5.75 Å². The predicted molar refractivity (Wildman–Crippen MR) is 112 cm³/mol. The van der Waals surface area contributed by atoms with Crippen LogP contribution in [0.3, 0.4) is 0 Å². The summed E-state index contributed by atoms with van der Waals surface area (Å²) in [4.78, 5) is 4.87. The van der Waals surface area contributed by atoms with Gasteiger partial charge in [0.1, 0.15) is 17.7 Å². The first-order chi connectivity index (χ1) is 13.9. The topological polar surface area (TPSA) is 36.3 Å². The molecule has 1 aliphatic heterocycles. The van der Waals surface area contributed by atoms with Crippen molar-refractivity contribution in [1.82, 2.24) is 9.55 Å². The summed E-state index contributed by atoms with van der Waals surface area (Å²) >= 11 is 0. The number of ether oxygens (including phenoxy) is 2. The standard InChI is InChI=1S/C24H24N2O2/c1-2-10-19-18(8-1)9-5-13-22(19)27-17-7-15-26-21-12-4-3-11-20(21)25-24(26)23-14-6-16-28-23/h1-5,8-13,23H,6-7,14-17H2. The van der Waals surface area contributed by atoms with Crippen LogP contribution in [-0.2, 0) is 11.3 Å². The summed E-state index contributed by atoms with van der Waals surface area (Å²) in [5.41, 5.74) is 2.22. The maximum Gasteiger partial charge on any atom is 0.139 e. The summed E-state index contributed by atoms with van der Waals surface area (Å²) in [6.07, 6.45) is 3.20. The molecule has 4 nitrogen and oxygen atoms in total. The summed E-state index contributed by atoms with van der Waals surface area (Å²) in [6, 6.07) is 22.9. The van der Waals surface area contributed by atoms with Crippen molar-refractivity contribution in [2.24, 2.45) is 0 Å². The second-order valence-electron chi connectivity index (χ2n) is 7.29. The lowest BCUT2D eigenvalue weighted by atomic mass is 10.1. The lowest BCUT2D eigenvalue weighted by molar-refractivity contribution is 0.102. The Morgan fingerprint density at radius 1 is 1.00 bits per heavy atom. The third-order valence-electron chi connectivity index (χ3n) is 5.44. The third-order valence-corrected chi connectivity index (χ3v) is 5.44. The highest BCUT2D eigenvalue weighted by molar-refractivity contribution is 5.88. The van der Waals surface area contributed by atoms with Gasteiger partial charge in [0.2, 0.25) is 0 Å². The van der Waals surface area contributed by atoms with Crippen LogP contribution in [0.2, 0.25) is 0 Å². The molecule has 0 radical (unpaired) electrons. The van der Waals surface area contributed by atoms with Gasteiger partial charge in [-0.15, -0.1) is 0 Å². The molecule has 4 aromatic rings. The Balaban J connectivity index is 1.32. The molecule has 28 heavy (non-hydrogen) atoms. The minimum absolute atomic E-state index is 0.117. The van der Waals surface area contributed by atoms with Crippen molar-refractivity contribution >= 4 is 21.8 Å². The molecule has 1 fully saturated rings. The van der Waals surface area contributed by atoms with Crippen LogP contribution in [0.4, 0.5) is 0 Å². The number of rotatable bonds is 6. The Morgan fingerprint density at radius 3 is 2.79 bits per heavy atom. The molecule has 2 heterocycles. The van der Waals surface area contributed by atoms with Crippen LogP contribution in [-0.4, -0.2) is 22.8 Å². The normalized spacial score (nSPS) is 16.8. The molecule has 0 amide bonds. The van der Waals surface area contributed by atoms with E-state index in [9.17, 15) is 0 Å². The van der Waals surface area contributed by atoms with Gasteiger partial charge in [-0.3, -0.25) is 0 Å². The van der Waals surface area contributed by atoms with Crippen molar-refractivity contribution in [1.29, 1.82) is 0 Å². The fraction of sp³-hybridized carbons (Fsp3) is 0.292. The number of para-hydroxylation sites is 2. The maximum atomic E-state index is 6.13. The Kier molecular flexibility index (Phi) is 4.71. The SMILES string of the molecule is c1ccc2c(OCCCn3c(C4CCCO4)nc4ccccc43)cccc2c1. The van der Waals surface area contributed by atoms with E-state index in [0.29, 0.717) is 6.61 Å². The first-order valence-corrected chi connectivity index (χ1v) is 10.1. The number of nitrogens with zero attached hydrogens (tertiary/aromatic N) is 2. The monoisotopic (exact) mass is 372 g/mol.